The first-order chi connectivity index (χ1) is 28.2. The topological polar surface area (TPSA) is 94.8 Å². The van der Waals surface area contributed by atoms with Crippen LogP contribution in [0, 0.1) is 6.57 Å². The summed E-state index contributed by atoms with van der Waals surface area (Å²) in [5, 5.41) is 1.75. The zero-order valence-corrected chi connectivity index (χ0v) is 30.3. The Morgan fingerprint density at radius 2 is 0.789 bits per heavy atom. The minimum absolute atomic E-state index is 0.512. The average Bonchev–Trinajstić information content (AvgIpc) is 3.68. The number of fused-ring (bicyclic) bond motifs is 3. The van der Waals surface area contributed by atoms with Gasteiger partial charge in [-0.05, 0) is 35.4 Å². The molecule has 8 nitrogen and oxygen atoms in total. The average molecular weight is 732 g/mol. The molecular weight excluding hydrogens is 703 g/mol. The second kappa shape index (κ2) is 14.3. The van der Waals surface area contributed by atoms with Crippen molar-refractivity contribution in [1.29, 1.82) is 0 Å². The van der Waals surface area contributed by atoms with E-state index in [-0.39, 0.29) is 0 Å². The van der Waals surface area contributed by atoms with Crippen LogP contribution in [0.2, 0.25) is 0 Å². The van der Waals surface area contributed by atoms with Gasteiger partial charge in [0.25, 0.3) is 0 Å². The summed E-state index contributed by atoms with van der Waals surface area (Å²) in [6.45, 7) is 7.64. The highest BCUT2D eigenvalue weighted by Gasteiger charge is 2.20. The molecule has 0 N–H and O–H groups in total. The molecule has 0 aliphatic carbocycles. The van der Waals surface area contributed by atoms with Crippen LogP contribution in [0.3, 0.4) is 0 Å². The van der Waals surface area contributed by atoms with Gasteiger partial charge < -0.3 is 4.42 Å². The number of para-hydroxylation sites is 1. The molecule has 0 bridgehead atoms. The van der Waals surface area contributed by atoms with Gasteiger partial charge in [-0.3, -0.25) is 0 Å². The van der Waals surface area contributed by atoms with Crippen LogP contribution in [0.4, 0.5) is 5.69 Å². The Bertz CT molecular complexity index is 3060. The van der Waals surface area contributed by atoms with E-state index in [1.165, 1.54) is 0 Å². The van der Waals surface area contributed by atoms with Crippen molar-refractivity contribution in [3.63, 3.8) is 0 Å². The molecule has 0 fully saturated rings. The lowest BCUT2D eigenvalue weighted by molar-refractivity contribution is 0.669. The fourth-order valence-electron chi connectivity index (χ4n) is 7.05. The maximum absolute atomic E-state index is 7.64. The molecule has 0 saturated heterocycles. The Kier molecular flexibility index (Phi) is 8.36. The van der Waals surface area contributed by atoms with Gasteiger partial charge in [0.05, 0.1) is 6.57 Å². The van der Waals surface area contributed by atoms with Crippen molar-refractivity contribution < 1.29 is 4.42 Å². The molecule has 266 valence electrons. The van der Waals surface area contributed by atoms with Crippen LogP contribution in [0.25, 0.3) is 106 Å². The first-order valence-electron chi connectivity index (χ1n) is 18.4. The van der Waals surface area contributed by atoms with Crippen LogP contribution in [0.15, 0.2) is 180 Å². The minimum atomic E-state index is 0.512. The maximum Gasteiger partial charge on any atom is 0.194 e. The van der Waals surface area contributed by atoms with Crippen LogP contribution >= 0.6 is 0 Å². The molecule has 0 radical (unpaired) electrons. The van der Waals surface area contributed by atoms with Crippen LogP contribution in [0.5, 0.6) is 0 Å². The third-order valence-corrected chi connectivity index (χ3v) is 9.84. The molecule has 0 unspecified atom stereocenters. The van der Waals surface area contributed by atoms with Crippen molar-refractivity contribution in [2.75, 3.05) is 0 Å². The fraction of sp³-hybridized carbons (Fsp3) is 0. The summed E-state index contributed by atoms with van der Waals surface area (Å²) >= 11 is 0. The molecule has 0 aliphatic heterocycles. The monoisotopic (exact) mass is 731 g/mol. The highest BCUT2D eigenvalue weighted by Crippen LogP contribution is 2.39. The van der Waals surface area contributed by atoms with Crippen molar-refractivity contribution in [1.82, 2.24) is 29.9 Å². The Balaban J connectivity index is 1.13. The SMILES string of the molecule is [C-]#[N+]c1ccccc1-c1ccc(-c2nc(-c3ccccc3)nc(-c3cccc4oc5ccc(-c6nc(-c7ccccc7)nc(-c7ccccc7)n6)cc5c34)n2)cc1. The molecule has 0 amide bonds. The standard InChI is InChI=1S/C49H29N7O/c1-50-40-22-12-11-20-37(40)31-24-26-35(27-25-31)47-52-46(34-18-9-4-10-19-34)55-49(56-47)38-21-13-23-42-43(38)39-30-36(28-29-41(39)57-42)48-53-44(32-14-5-2-6-15-32)51-45(54-48)33-16-7-3-8-17-33/h2-30H. The summed E-state index contributed by atoms with van der Waals surface area (Å²) in [5.41, 5.74) is 8.96. The van der Waals surface area contributed by atoms with Gasteiger partial charge in [0, 0.05) is 44.2 Å². The summed E-state index contributed by atoms with van der Waals surface area (Å²) in [7, 11) is 0. The quantitative estimate of drug-likeness (QED) is 0.151. The summed E-state index contributed by atoms with van der Waals surface area (Å²) in [4.78, 5) is 33.7. The highest BCUT2D eigenvalue weighted by atomic mass is 16.3. The van der Waals surface area contributed by atoms with Crippen LogP contribution in [-0.4, -0.2) is 29.9 Å². The molecule has 10 rings (SSSR count). The summed E-state index contributed by atoms with van der Waals surface area (Å²) < 4.78 is 6.45. The zero-order chi connectivity index (χ0) is 38.1. The largest absolute Gasteiger partial charge is 0.456 e. The number of hydrogen-bond acceptors (Lipinski definition) is 7. The van der Waals surface area contributed by atoms with E-state index < -0.39 is 0 Å². The molecule has 57 heavy (non-hydrogen) atoms. The Labute approximate surface area is 327 Å². The fourth-order valence-corrected chi connectivity index (χ4v) is 7.05. The smallest absolute Gasteiger partial charge is 0.194 e. The molecule has 3 heterocycles. The Morgan fingerprint density at radius 1 is 0.351 bits per heavy atom. The normalized spacial score (nSPS) is 11.1. The van der Waals surface area contributed by atoms with Gasteiger partial charge in [0.15, 0.2) is 40.6 Å². The van der Waals surface area contributed by atoms with Gasteiger partial charge >= 0.3 is 0 Å². The van der Waals surface area contributed by atoms with Crippen molar-refractivity contribution in [3.05, 3.63) is 187 Å². The first kappa shape index (κ1) is 33.4. The van der Waals surface area contributed by atoms with E-state index in [1.807, 2.05) is 170 Å². The summed E-state index contributed by atoms with van der Waals surface area (Å²) in [6, 6.07) is 57.4. The van der Waals surface area contributed by atoms with E-state index in [0.29, 0.717) is 46.2 Å². The Hall–Kier alpha value is -8.15. The molecule has 0 saturated carbocycles. The maximum atomic E-state index is 7.64. The lowest BCUT2D eigenvalue weighted by Crippen LogP contribution is -2.00. The van der Waals surface area contributed by atoms with E-state index in [0.717, 1.165) is 60.9 Å². The predicted molar refractivity (Wildman–Crippen MR) is 225 cm³/mol. The molecule has 7 aromatic carbocycles. The van der Waals surface area contributed by atoms with Gasteiger partial charge in [-0.1, -0.05) is 152 Å². The number of furan rings is 1. The Morgan fingerprint density at radius 3 is 1.35 bits per heavy atom. The highest BCUT2D eigenvalue weighted by molar-refractivity contribution is 6.12. The van der Waals surface area contributed by atoms with E-state index in [2.05, 4.69) is 10.9 Å². The third kappa shape index (κ3) is 6.35. The molecular formula is C49H29N7O. The van der Waals surface area contributed by atoms with E-state index in [9.17, 15) is 0 Å². The van der Waals surface area contributed by atoms with Crippen LogP contribution in [-0.2, 0) is 0 Å². The predicted octanol–water partition coefficient (Wildman–Crippen LogP) is 12.2. The molecule has 0 spiro atoms. The molecule has 8 heteroatoms. The van der Waals surface area contributed by atoms with Crippen molar-refractivity contribution in [3.8, 4) is 79.5 Å². The lowest BCUT2D eigenvalue weighted by Gasteiger charge is -2.10. The second-order valence-electron chi connectivity index (χ2n) is 13.4. The van der Waals surface area contributed by atoms with E-state index in [4.69, 9.17) is 40.9 Å². The molecule has 0 aliphatic rings. The van der Waals surface area contributed by atoms with Crippen LogP contribution < -0.4 is 0 Å². The summed E-state index contributed by atoms with van der Waals surface area (Å²) in [5.74, 6) is 3.32. The van der Waals surface area contributed by atoms with Crippen molar-refractivity contribution in [2.45, 2.75) is 0 Å². The number of aromatic nitrogens is 6. The number of hydrogen-bond donors (Lipinski definition) is 0. The van der Waals surface area contributed by atoms with Crippen molar-refractivity contribution >= 4 is 27.6 Å². The molecule has 10 aromatic rings. The van der Waals surface area contributed by atoms with Crippen molar-refractivity contribution in [2.24, 2.45) is 0 Å². The van der Waals surface area contributed by atoms with Gasteiger partial charge in [0.1, 0.15) is 11.2 Å². The first-order valence-corrected chi connectivity index (χ1v) is 18.4. The van der Waals surface area contributed by atoms with Gasteiger partial charge in [0.2, 0.25) is 0 Å². The molecule has 0 atom stereocenters. The van der Waals surface area contributed by atoms with E-state index in [1.54, 1.807) is 0 Å². The van der Waals surface area contributed by atoms with Gasteiger partial charge in [-0.25, -0.2) is 34.7 Å². The van der Waals surface area contributed by atoms with Crippen LogP contribution in [0.1, 0.15) is 0 Å². The lowest BCUT2D eigenvalue weighted by atomic mass is 10.0. The zero-order valence-electron chi connectivity index (χ0n) is 30.3. The number of benzene rings is 7. The number of rotatable bonds is 7. The van der Waals surface area contributed by atoms with Gasteiger partial charge in [-0.15, -0.1) is 0 Å². The number of nitrogens with zero attached hydrogens (tertiary/aromatic N) is 7. The summed E-state index contributed by atoms with van der Waals surface area (Å²) in [6.07, 6.45) is 0. The van der Waals surface area contributed by atoms with Gasteiger partial charge in [-0.2, -0.15) is 0 Å². The third-order valence-electron chi connectivity index (χ3n) is 9.84. The molecule has 3 aromatic heterocycles. The van der Waals surface area contributed by atoms with E-state index >= 15 is 0 Å². The minimum Gasteiger partial charge on any atom is -0.456 e. The second-order valence-corrected chi connectivity index (χ2v) is 13.4.